The highest BCUT2D eigenvalue weighted by atomic mass is 16.5. The van der Waals surface area contributed by atoms with Crippen LogP contribution in [0.5, 0.6) is 0 Å². The third kappa shape index (κ3) is 4.33. The van der Waals surface area contributed by atoms with Crippen molar-refractivity contribution in [2.45, 2.75) is 26.4 Å². The minimum absolute atomic E-state index is 0.0834. The first-order chi connectivity index (χ1) is 10.6. The van der Waals surface area contributed by atoms with Gasteiger partial charge in [0.05, 0.1) is 18.1 Å². The predicted octanol–water partition coefficient (Wildman–Crippen LogP) is 2.18. The fraction of sp³-hybridized carbons (Fsp3) is 0.375. The van der Waals surface area contributed by atoms with Crippen LogP contribution >= 0.6 is 0 Å². The molecule has 22 heavy (non-hydrogen) atoms. The number of amides is 1. The third-order valence-electron chi connectivity index (χ3n) is 3.00. The first kappa shape index (κ1) is 16.0. The van der Waals surface area contributed by atoms with Gasteiger partial charge in [0.2, 0.25) is 0 Å². The molecule has 0 saturated heterocycles. The predicted molar refractivity (Wildman–Crippen MR) is 82.8 cm³/mol. The molecule has 118 valence electrons. The molecule has 0 spiro atoms. The number of furan rings is 1. The van der Waals surface area contributed by atoms with Crippen LogP contribution in [-0.4, -0.2) is 30.1 Å². The van der Waals surface area contributed by atoms with Gasteiger partial charge in [0.1, 0.15) is 11.3 Å². The molecular weight excluding hydrogens is 284 g/mol. The van der Waals surface area contributed by atoms with Gasteiger partial charge >= 0.3 is 0 Å². The smallest absolute Gasteiger partial charge is 0.261 e. The fourth-order valence-electron chi connectivity index (χ4n) is 1.92. The van der Waals surface area contributed by atoms with Gasteiger partial charge in [0, 0.05) is 13.2 Å². The van der Waals surface area contributed by atoms with Crippen LogP contribution in [0.2, 0.25) is 0 Å². The van der Waals surface area contributed by atoms with Crippen LogP contribution in [0.3, 0.4) is 0 Å². The third-order valence-corrected chi connectivity index (χ3v) is 3.00. The molecule has 2 N–H and O–H groups in total. The van der Waals surface area contributed by atoms with Crippen molar-refractivity contribution in [3.8, 4) is 11.5 Å². The average Bonchev–Trinajstić information content (AvgIpc) is 3.00. The van der Waals surface area contributed by atoms with E-state index in [4.69, 9.17) is 9.15 Å². The van der Waals surface area contributed by atoms with E-state index in [1.165, 1.54) is 12.3 Å². The number of aromatic amines is 1. The standard InChI is InChI=1S/C16H20N2O4/c1-11(2)21-10-4-8-17-15(19)12-6-7-13(18-16(12)20)14-5-3-9-22-14/h3,5-7,9,11H,4,8,10H2,1-2H3,(H,17,19)(H,18,20). The summed E-state index contributed by atoms with van der Waals surface area (Å²) in [5.74, 6) is 0.159. The van der Waals surface area contributed by atoms with Crippen LogP contribution in [0.4, 0.5) is 0 Å². The zero-order chi connectivity index (χ0) is 15.9. The molecule has 0 aliphatic carbocycles. The van der Waals surface area contributed by atoms with Crippen LogP contribution in [-0.2, 0) is 4.74 Å². The van der Waals surface area contributed by atoms with E-state index in [9.17, 15) is 9.59 Å². The Labute approximate surface area is 128 Å². The molecule has 0 bridgehead atoms. The summed E-state index contributed by atoms with van der Waals surface area (Å²) in [4.78, 5) is 26.6. The van der Waals surface area contributed by atoms with Gasteiger partial charge in [-0.3, -0.25) is 9.59 Å². The molecule has 0 radical (unpaired) electrons. The minimum Gasteiger partial charge on any atom is -0.463 e. The van der Waals surface area contributed by atoms with E-state index in [2.05, 4.69) is 10.3 Å². The van der Waals surface area contributed by atoms with Crippen molar-refractivity contribution in [2.24, 2.45) is 0 Å². The molecule has 2 aromatic rings. The Morgan fingerprint density at radius 1 is 1.36 bits per heavy atom. The van der Waals surface area contributed by atoms with Crippen molar-refractivity contribution in [3.05, 3.63) is 46.4 Å². The van der Waals surface area contributed by atoms with E-state index in [1.807, 2.05) is 13.8 Å². The number of aromatic nitrogens is 1. The second-order valence-corrected chi connectivity index (χ2v) is 5.12. The lowest BCUT2D eigenvalue weighted by atomic mass is 10.2. The van der Waals surface area contributed by atoms with E-state index in [0.29, 0.717) is 31.0 Å². The van der Waals surface area contributed by atoms with Gasteiger partial charge in [-0.05, 0) is 44.5 Å². The van der Waals surface area contributed by atoms with Gasteiger partial charge in [-0.15, -0.1) is 0 Å². The van der Waals surface area contributed by atoms with Crippen LogP contribution in [0, 0.1) is 0 Å². The summed E-state index contributed by atoms with van der Waals surface area (Å²) < 4.78 is 10.6. The largest absolute Gasteiger partial charge is 0.463 e. The monoisotopic (exact) mass is 304 g/mol. The summed E-state index contributed by atoms with van der Waals surface area (Å²) in [6.07, 6.45) is 2.40. The maximum Gasteiger partial charge on any atom is 0.261 e. The lowest BCUT2D eigenvalue weighted by Crippen LogP contribution is -2.30. The Hall–Kier alpha value is -2.34. The number of H-pyrrole nitrogens is 1. The molecule has 0 aromatic carbocycles. The maximum atomic E-state index is 12.0. The van der Waals surface area contributed by atoms with Crippen molar-refractivity contribution in [1.82, 2.24) is 10.3 Å². The highest BCUT2D eigenvalue weighted by Crippen LogP contribution is 2.15. The lowest BCUT2D eigenvalue weighted by molar-refractivity contribution is 0.0757. The van der Waals surface area contributed by atoms with Gasteiger partial charge in [-0.25, -0.2) is 0 Å². The zero-order valence-electron chi connectivity index (χ0n) is 12.7. The first-order valence-corrected chi connectivity index (χ1v) is 7.25. The molecule has 1 amide bonds. The van der Waals surface area contributed by atoms with Gasteiger partial charge in [0.25, 0.3) is 11.5 Å². The van der Waals surface area contributed by atoms with E-state index in [-0.39, 0.29) is 11.7 Å². The quantitative estimate of drug-likeness (QED) is 0.768. The number of ether oxygens (including phenoxy) is 1. The zero-order valence-corrected chi connectivity index (χ0v) is 12.7. The number of nitrogens with one attached hydrogen (secondary N) is 2. The summed E-state index contributed by atoms with van der Waals surface area (Å²) in [6, 6.07) is 6.61. The number of hydrogen-bond donors (Lipinski definition) is 2. The van der Waals surface area contributed by atoms with Crippen molar-refractivity contribution in [3.63, 3.8) is 0 Å². The van der Waals surface area contributed by atoms with Gasteiger partial charge in [-0.1, -0.05) is 0 Å². The Balaban J connectivity index is 1.92. The molecule has 0 unspecified atom stereocenters. The van der Waals surface area contributed by atoms with Crippen molar-refractivity contribution in [1.29, 1.82) is 0 Å². The molecule has 2 heterocycles. The number of pyridine rings is 1. The maximum absolute atomic E-state index is 12.0. The Bertz CT molecular complexity index is 659. The summed E-state index contributed by atoms with van der Waals surface area (Å²) in [6.45, 7) is 4.95. The van der Waals surface area contributed by atoms with E-state index < -0.39 is 11.5 Å². The number of rotatable bonds is 7. The second-order valence-electron chi connectivity index (χ2n) is 5.12. The van der Waals surface area contributed by atoms with Crippen molar-refractivity contribution >= 4 is 5.91 Å². The van der Waals surface area contributed by atoms with Crippen LogP contribution in [0.25, 0.3) is 11.5 Å². The second kappa shape index (κ2) is 7.61. The van der Waals surface area contributed by atoms with Crippen LogP contribution < -0.4 is 10.9 Å². The number of carbonyl (C=O) groups is 1. The first-order valence-electron chi connectivity index (χ1n) is 7.25. The molecule has 0 aliphatic heterocycles. The molecule has 2 rings (SSSR count). The number of hydrogen-bond acceptors (Lipinski definition) is 4. The molecule has 6 nitrogen and oxygen atoms in total. The van der Waals surface area contributed by atoms with Gasteiger partial charge in [-0.2, -0.15) is 0 Å². The van der Waals surface area contributed by atoms with Gasteiger partial charge in [0.15, 0.2) is 0 Å². The molecular formula is C16H20N2O4. The van der Waals surface area contributed by atoms with E-state index in [0.717, 1.165) is 0 Å². The topological polar surface area (TPSA) is 84.3 Å². The molecule has 0 fully saturated rings. The summed E-state index contributed by atoms with van der Waals surface area (Å²) in [5.41, 5.74) is 0.182. The SMILES string of the molecule is CC(C)OCCCNC(=O)c1ccc(-c2ccco2)[nH]c1=O. The highest BCUT2D eigenvalue weighted by Gasteiger charge is 2.11. The fourth-order valence-corrected chi connectivity index (χ4v) is 1.92. The molecule has 0 atom stereocenters. The summed E-state index contributed by atoms with van der Waals surface area (Å²) in [7, 11) is 0. The Kier molecular flexibility index (Phi) is 5.55. The van der Waals surface area contributed by atoms with E-state index >= 15 is 0 Å². The van der Waals surface area contributed by atoms with Crippen molar-refractivity contribution < 1.29 is 13.9 Å². The van der Waals surface area contributed by atoms with Crippen LogP contribution in [0.15, 0.2) is 39.7 Å². The normalized spacial score (nSPS) is 10.9. The molecule has 2 aromatic heterocycles. The Morgan fingerprint density at radius 3 is 2.82 bits per heavy atom. The molecule has 6 heteroatoms. The van der Waals surface area contributed by atoms with Crippen LogP contribution in [0.1, 0.15) is 30.6 Å². The van der Waals surface area contributed by atoms with Gasteiger partial charge < -0.3 is 19.5 Å². The summed E-state index contributed by atoms with van der Waals surface area (Å²) in [5, 5.41) is 2.71. The van der Waals surface area contributed by atoms with E-state index in [1.54, 1.807) is 18.2 Å². The minimum atomic E-state index is -0.440. The average molecular weight is 304 g/mol. The lowest BCUT2D eigenvalue weighted by Gasteiger charge is -2.08. The number of carbonyl (C=O) groups excluding carboxylic acids is 1. The molecule has 0 saturated carbocycles. The Morgan fingerprint density at radius 2 is 2.18 bits per heavy atom. The summed E-state index contributed by atoms with van der Waals surface area (Å²) >= 11 is 0. The molecule has 0 aliphatic rings. The van der Waals surface area contributed by atoms with Crippen molar-refractivity contribution in [2.75, 3.05) is 13.2 Å². The highest BCUT2D eigenvalue weighted by molar-refractivity contribution is 5.93.